The molecule has 3 aromatic heterocycles. The van der Waals surface area contributed by atoms with Crippen molar-refractivity contribution in [3.05, 3.63) is 192 Å². The molecule has 0 saturated carbocycles. The van der Waals surface area contributed by atoms with E-state index in [1.54, 1.807) is 0 Å². The molecule has 3 heterocycles. The van der Waals surface area contributed by atoms with Gasteiger partial charge in [-0.05, 0) is 52.7 Å². The number of pyridine rings is 2. The average Bonchev–Trinajstić information content (AvgIpc) is 3.52. The molecule has 0 fully saturated rings. The molecule has 0 bridgehead atoms. The van der Waals surface area contributed by atoms with Crippen molar-refractivity contribution < 1.29 is 24.5 Å². The van der Waals surface area contributed by atoms with Crippen molar-refractivity contribution in [2.24, 2.45) is 0 Å². The first-order valence-electron chi connectivity index (χ1n) is 15.9. The maximum atomic E-state index is 6.12. The van der Waals surface area contributed by atoms with Crippen molar-refractivity contribution in [2.45, 2.75) is 25.7 Å². The smallest absolute Gasteiger partial charge is 0.120 e. The summed E-state index contributed by atoms with van der Waals surface area (Å²) in [7, 11) is 0. The van der Waals surface area contributed by atoms with Gasteiger partial charge in [-0.15, -0.1) is 54.1 Å². The molecule has 4 heteroatoms. The topological polar surface area (TPSA) is 38.9 Å². The Morgan fingerprint density at radius 1 is 0.625 bits per heavy atom. The third-order valence-electron chi connectivity index (χ3n) is 8.61. The number of nitrogens with zero attached hydrogens (tertiary/aromatic N) is 2. The predicted molar refractivity (Wildman–Crippen MR) is 192 cm³/mol. The van der Waals surface area contributed by atoms with Crippen molar-refractivity contribution in [2.75, 3.05) is 0 Å². The molecule has 237 valence electrons. The molecule has 5 aromatic carbocycles. The van der Waals surface area contributed by atoms with E-state index < -0.39 is 0 Å². The van der Waals surface area contributed by atoms with E-state index in [9.17, 15) is 0 Å². The van der Waals surface area contributed by atoms with Crippen LogP contribution in [0, 0.1) is 12.1 Å². The molecule has 3 nitrogen and oxygen atoms in total. The van der Waals surface area contributed by atoms with Crippen LogP contribution in [0.2, 0.25) is 0 Å². The van der Waals surface area contributed by atoms with E-state index in [0.29, 0.717) is 0 Å². The Hall–Kier alpha value is -5.15. The summed E-state index contributed by atoms with van der Waals surface area (Å²) >= 11 is 0. The molecule has 0 amide bonds. The molecule has 0 aliphatic rings. The van der Waals surface area contributed by atoms with Crippen molar-refractivity contribution in [3.63, 3.8) is 0 Å². The molecule has 8 aromatic rings. The fourth-order valence-corrected chi connectivity index (χ4v) is 6.11. The Morgan fingerprint density at radius 2 is 1.38 bits per heavy atom. The van der Waals surface area contributed by atoms with Crippen molar-refractivity contribution >= 4 is 21.9 Å². The van der Waals surface area contributed by atoms with E-state index in [-0.39, 0.29) is 25.5 Å². The van der Waals surface area contributed by atoms with Gasteiger partial charge in [-0.25, -0.2) is 0 Å². The number of rotatable bonds is 6. The quantitative estimate of drug-likeness (QED) is 0.157. The number of fused-ring (bicyclic) bond motifs is 3. The van der Waals surface area contributed by atoms with E-state index in [2.05, 4.69) is 127 Å². The molecule has 0 spiro atoms. The van der Waals surface area contributed by atoms with E-state index >= 15 is 0 Å². The minimum absolute atomic E-state index is 0. The number of hydrogen-bond acceptors (Lipinski definition) is 3. The van der Waals surface area contributed by atoms with Crippen molar-refractivity contribution in [1.82, 2.24) is 9.97 Å². The Bertz CT molecular complexity index is 2240. The molecule has 0 N–H and O–H groups in total. The van der Waals surface area contributed by atoms with Crippen LogP contribution < -0.4 is 0 Å². The number of furan rings is 1. The van der Waals surface area contributed by atoms with E-state index in [1.807, 2.05) is 67.0 Å². The van der Waals surface area contributed by atoms with Crippen LogP contribution >= 0.6 is 0 Å². The second-order valence-electron chi connectivity index (χ2n) is 12.1. The van der Waals surface area contributed by atoms with Gasteiger partial charge in [-0.3, -0.25) is 0 Å². The fraction of sp³-hybridized carbons (Fsp3) is 0.0909. The summed E-state index contributed by atoms with van der Waals surface area (Å²) < 4.78 is 6.12. The Labute approximate surface area is 295 Å². The number of para-hydroxylation sites is 1. The minimum Gasteiger partial charge on any atom is -0.501 e. The molecule has 0 saturated heterocycles. The van der Waals surface area contributed by atoms with Gasteiger partial charge in [0, 0.05) is 43.3 Å². The summed E-state index contributed by atoms with van der Waals surface area (Å²) in [5, 5.41) is 2.22. The minimum atomic E-state index is -0.103. The van der Waals surface area contributed by atoms with Crippen LogP contribution in [0.4, 0.5) is 0 Å². The van der Waals surface area contributed by atoms with Gasteiger partial charge in [0.2, 0.25) is 0 Å². The second kappa shape index (κ2) is 14.7. The molecule has 0 aliphatic heterocycles. The maximum absolute atomic E-state index is 6.12. The summed E-state index contributed by atoms with van der Waals surface area (Å²) in [4.78, 5) is 9.19. The number of aromatic nitrogens is 2. The molecule has 0 aliphatic carbocycles. The zero-order chi connectivity index (χ0) is 32.1. The van der Waals surface area contributed by atoms with Crippen LogP contribution in [0.1, 0.15) is 36.1 Å². The second-order valence-corrected chi connectivity index (χ2v) is 12.1. The van der Waals surface area contributed by atoms with E-state index in [0.717, 1.165) is 50.9 Å². The third-order valence-corrected chi connectivity index (χ3v) is 8.61. The van der Waals surface area contributed by atoms with Crippen LogP contribution in [0.5, 0.6) is 0 Å². The first kappa shape index (κ1) is 32.8. The van der Waals surface area contributed by atoms with E-state index in [4.69, 9.17) is 4.42 Å². The standard InChI is InChI=1S/C24H16NO.C20H18N.Ir/c1-2-7-17(8-3-1)15-18-13-14-25-22(16-18)21-11-6-10-20-19-9-4-5-12-23(19)26-24(20)21;1-20(2,17-12-7-4-8-13-17)18-14-9-15-21-19(18)16-10-5-3-6-11-16;/h1-10,12-14,16H,15H2;3-10,12-15H,1-2H3;/q2*-1;. The molecule has 8 rings (SSSR count). The molecular formula is C44H34IrN2O-2. The van der Waals surface area contributed by atoms with Gasteiger partial charge < -0.3 is 14.4 Å². The zero-order valence-corrected chi connectivity index (χ0v) is 29.2. The fourth-order valence-electron chi connectivity index (χ4n) is 6.11. The van der Waals surface area contributed by atoms with Crippen LogP contribution in [0.3, 0.4) is 0 Å². The SMILES string of the molecule is CC(C)(c1ccccc1)c1cccnc1-c1[c-]cccc1.[Ir].[c-]1ccc2c(oc3ccccc32)c1-c1cc(Cc2ccccc2)ccn1. The normalized spacial score (nSPS) is 11.0. The van der Waals surface area contributed by atoms with Crippen molar-refractivity contribution in [1.29, 1.82) is 0 Å². The summed E-state index contributed by atoms with van der Waals surface area (Å²) in [6.45, 7) is 4.48. The first-order chi connectivity index (χ1) is 23.1. The number of benzene rings is 5. The van der Waals surface area contributed by atoms with Gasteiger partial charge in [0.15, 0.2) is 0 Å². The summed E-state index contributed by atoms with van der Waals surface area (Å²) in [6, 6.07) is 56.1. The van der Waals surface area contributed by atoms with Crippen LogP contribution in [0.15, 0.2) is 162 Å². The van der Waals surface area contributed by atoms with Gasteiger partial charge in [0.25, 0.3) is 0 Å². The molecular weight excluding hydrogens is 765 g/mol. The number of hydrogen-bond donors (Lipinski definition) is 0. The summed E-state index contributed by atoms with van der Waals surface area (Å²) in [5.41, 5.74) is 10.5. The summed E-state index contributed by atoms with van der Waals surface area (Å²) in [5.74, 6) is 0. The van der Waals surface area contributed by atoms with Crippen molar-refractivity contribution in [3.8, 4) is 22.5 Å². The average molecular weight is 799 g/mol. The zero-order valence-electron chi connectivity index (χ0n) is 26.9. The van der Waals surface area contributed by atoms with Gasteiger partial charge in [-0.1, -0.05) is 121 Å². The molecule has 1 radical (unpaired) electrons. The van der Waals surface area contributed by atoms with Gasteiger partial charge in [0.05, 0.1) is 5.58 Å². The van der Waals surface area contributed by atoms with Crippen LogP contribution in [-0.2, 0) is 31.9 Å². The van der Waals surface area contributed by atoms with Gasteiger partial charge in [-0.2, -0.15) is 0 Å². The van der Waals surface area contributed by atoms with Crippen LogP contribution in [-0.4, -0.2) is 9.97 Å². The monoisotopic (exact) mass is 799 g/mol. The van der Waals surface area contributed by atoms with E-state index in [1.165, 1.54) is 22.3 Å². The van der Waals surface area contributed by atoms with Gasteiger partial charge >= 0.3 is 0 Å². The predicted octanol–water partition coefficient (Wildman–Crippen LogP) is 10.9. The Kier molecular flexibility index (Phi) is 10.1. The van der Waals surface area contributed by atoms with Gasteiger partial charge in [0.1, 0.15) is 5.58 Å². The molecule has 48 heavy (non-hydrogen) atoms. The van der Waals surface area contributed by atoms with Crippen LogP contribution in [0.25, 0.3) is 44.5 Å². The molecule has 0 atom stereocenters. The maximum Gasteiger partial charge on any atom is 0.120 e. The largest absolute Gasteiger partial charge is 0.501 e. The third kappa shape index (κ3) is 6.92. The Balaban J connectivity index is 0.000000168. The summed E-state index contributed by atoms with van der Waals surface area (Å²) in [6.07, 6.45) is 4.59. The first-order valence-corrected chi connectivity index (χ1v) is 15.9. The molecule has 0 unspecified atom stereocenters. The Morgan fingerprint density at radius 3 is 2.17 bits per heavy atom.